The molecule has 6 rings (SSSR count). The van der Waals surface area contributed by atoms with Crippen molar-refractivity contribution in [2.75, 3.05) is 0 Å². The van der Waals surface area contributed by atoms with Crippen LogP contribution < -0.4 is 0 Å². The number of hydrogen-bond donors (Lipinski definition) is 1. The van der Waals surface area contributed by atoms with Crippen molar-refractivity contribution < 1.29 is 26.2 Å². The van der Waals surface area contributed by atoms with Crippen molar-refractivity contribution in [3.05, 3.63) is 120 Å². The number of para-hydroxylation sites is 2. The number of aromatic nitrogens is 3. The van der Waals surface area contributed by atoms with Crippen molar-refractivity contribution in [3.8, 4) is 45.2 Å². The predicted octanol–water partition coefficient (Wildman–Crippen LogP) is 9.52. The summed E-state index contributed by atoms with van der Waals surface area (Å²) in [6.45, 7) is 13.4. The molecule has 2 heterocycles. The maximum Gasteiger partial charge on any atom is 0.148 e. The summed E-state index contributed by atoms with van der Waals surface area (Å²) in [5, 5.41) is 11.0. The third-order valence-corrected chi connectivity index (χ3v) is 7.75. The molecule has 220 valence electrons. The Morgan fingerprint density at radius 3 is 1.95 bits per heavy atom. The van der Waals surface area contributed by atoms with Gasteiger partial charge in [0.05, 0.1) is 16.6 Å². The van der Waals surface area contributed by atoms with E-state index in [0.717, 1.165) is 39.1 Å². The van der Waals surface area contributed by atoms with Gasteiger partial charge >= 0.3 is 0 Å². The van der Waals surface area contributed by atoms with Gasteiger partial charge in [-0.05, 0) is 52.8 Å². The number of aromatic hydroxyl groups is 1. The van der Waals surface area contributed by atoms with E-state index in [1.165, 1.54) is 11.1 Å². The third kappa shape index (κ3) is 5.94. The fourth-order valence-corrected chi connectivity index (χ4v) is 5.31. The molecule has 0 fully saturated rings. The molecule has 0 bridgehead atoms. The summed E-state index contributed by atoms with van der Waals surface area (Å²) < 4.78 is 2.16. The van der Waals surface area contributed by atoms with Crippen LogP contribution >= 0.6 is 0 Å². The number of phenols is 1. The largest absolute Gasteiger partial charge is 0.507 e. The minimum Gasteiger partial charge on any atom is -0.507 e. The number of pyridine rings is 1. The van der Waals surface area contributed by atoms with Crippen LogP contribution in [0.15, 0.2) is 103 Å². The van der Waals surface area contributed by atoms with E-state index >= 15 is 0 Å². The van der Waals surface area contributed by atoms with Crippen molar-refractivity contribution in [2.24, 2.45) is 0 Å². The summed E-state index contributed by atoms with van der Waals surface area (Å²) in [6.07, 6.45) is 1.82. The average Bonchev–Trinajstić information content (AvgIpc) is 3.36. The molecule has 0 spiro atoms. The van der Waals surface area contributed by atoms with E-state index < -0.39 is 0 Å². The maximum absolute atomic E-state index is 11.0. The smallest absolute Gasteiger partial charge is 0.148 e. The number of rotatable bonds is 4. The Morgan fingerprint density at radius 1 is 0.674 bits per heavy atom. The van der Waals surface area contributed by atoms with Gasteiger partial charge in [-0.25, -0.2) is 4.98 Å². The molecule has 4 nitrogen and oxygen atoms in total. The molecular weight excluding hydrogens is 710 g/mol. The van der Waals surface area contributed by atoms with Crippen molar-refractivity contribution in [2.45, 2.75) is 52.4 Å². The average molecular weight is 746 g/mol. The monoisotopic (exact) mass is 745 g/mol. The number of hydrogen-bond acceptors (Lipinski definition) is 3. The topological polar surface area (TPSA) is 50.9 Å². The quantitative estimate of drug-likeness (QED) is 0.183. The van der Waals surface area contributed by atoms with E-state index in [1.807, 2.05) is 60.8 Å². The molecule has 0 unspecified atom stereocenters. The van der Waals surface area contributed by atoms with Crippen LogP contribution in [0.25, 0.3) is 50.5 Å². The zero-order valence-electron chi connectivity index (χ0n) is 25.4. The van der Waals surface area contributed by atoms with Gasteiger partial charge in [0.1, 0.15) is 11.6 Å². The Hall–Kier alpha value is -4.01. The molecule has 0 aliphatic heterocycles. The van der Waals surface area contributed by atoms with Gasteiger partial charge in [0.2, 0.25) is 0 Å². The number of nitrogens with zero attached hydrogens (tertiary/aromatic N) is 3. The van der Waals surface area contributed by atoms with Crippen LogP contribution in [0.3, 0.4) is 0 Å². The molecule has 6 aromatic rings. The van der Waals surface area contributed by atoms with Crippen LogP contribution in [-0.4, -0.2) is 19.6 Å². The first-order valence-corrected chi connectivity index (χ1v) is 14.4. The first kappa shape index (κ1) is 30.4. The maximum atomic E-state index is 11.0. The fourth-order valence-electron chi connectivity index (χ4n) is 5.31. The van der Waals surface area contributed by atoms with E-state index in [-0.39, 0.29) is 37.6 Å². The van der Waals surface area contributed by atoms with E-state index in [4.69, 9.17) is 4.98 Å². The normalized spacial score (nSPS) is 11.9. The van der Waals surface area contributed by atoms with Crippen LogP contribution in [-0.2, 0) is 31.9 Å². The van der Waals surface area contributed by atoms with Crippen LogP contribution in [0.1, 0.15) is 52.7 Å². The van der Waals surface area contributed by atoms with Crippen molar-refractivity contribution in [1.29, 1.82) is 0 Å². The molecule has 0 aliphatic rings. The number of phenolic OH excluding ortho intramolecular Hbond substituents is 1. The van der Waals surface area contributed by atoms with Crippen LogP contribution in [0.4, 0.5) is 0 Å². The first-order valence-electron chi connectivity index (χ1n) is 14.4. The first-order chi connectivity index (χ1) is 20.0. The zero-order valence-corrected chi connectivity index (χ0v) is 27.7. The van der Waals surface area contributed by atoms with Gasteiger partial charge in [-0.15, -0.1) is 29.3 Å². The molecule has 0 saturated heterocycles. The molecule has 5 heteroatoms. The van der Waals surface area contributed by atoms with E-state index in [9.17, 15) is 5.11 Å². The Kier molecular flexibility index (Phi) is 8.20. The van der Waals surface area contributed by atoms with Gasteiger partial charge in [-0.2, -0.15) is 0 Å². The summed E-state index contributed by atoms with van der Waals surface area (Å²) in [5.41, 5.74) is 9.53. The Morgan fingerprint density at radius 2 is 1.30 bits per heavy atom. The SMILES string of the molecule is CC(C)(C)c1cc(-c2ccccn2)[c-]c(-c2cc(C(C)(C)C)cc3c2nc(-c2ccccc2O)n3-c2ccccc2)c1.[Pt]. The van der Waals surface area contributed by atoms with Gasteiger partial charge in [0, 0.05) is 38.6 Å². The van der Waals surface area contributed by atoms with E-state index in [0.29, 0.717) is 11.4 Å². The second kappa shape index (κ2) is 11.6. The fraction of sp³-hybridized carbons (Fsp3) is 0.211. The number of fused-ring (bicyclic) bond motifs is 1. The summed E-state index contributed by atoms with van der Waals surface area (Å²) in [6, 6.07) is 36.3. The summed E-state index contributed by atoms with van der Waals surface area (Å²) in [4.78, 5) is 9.94. The zero-order chi connectivity index (χ0) is 29.6. The third-order valence-electron chi connectivity index (χ3n) is 7.75. The minimum atomic E-state index is -0.116. The second-order valence-corrected chi connectivity index (χ2v) is 12.9. The molecule has 0 amide bonds. The second-order valence-electron chi connectivity index (χ2n) is 12.9. The summed E-state index contributed by atoms with van der Waals surface area (Å²) in [5.74, 6) is 0.889. The number of imidazole rings is 1. The van der Waals surface area contributed by atoms with Crippen LogP contribution in [0, 0.1) is 6.07 Å². The van der Waals surface area contributed by atoms with E-state index in [2.05, 4.69) is 93.6 Å². The van der Waals surface area contributed by atoms with Gasteiger partial charge in [-0.1, -0.05) is 101 Å². The molecule has 0 aliphatic carbocycles. The van der Waals surface area contributed by atoms with Crippen molar-refractivity contribution in [1.82, 2.24) is 14.5 Å². The molecule has 0 radical (unpaired) electrons. The molecule has 4 aromatic carbocycles. The molecule has 0 atom stereocenters. The Bertz CT molecular complexity index is 1900. The van der Waals surface area contributed by atoms with E-state index in [1.54, 1.807) is 6.07 Å². The standard InChI is InChI=1S/C38H36N3O.Pt/c1-37(2,3)27-21-25(20-26(22-27)32-17-12-13-19-39-32)31-23-28(38(4,5)6)24-33-35(31)40-36(30-16-10-11-18-34(30)42)41(33)29-14-8-7-9-15-29;/h7-19,21-24,42H,1-6H3;/q-1;. The predicted molar refractivity (Wildman–Crippen MR) is 173 cm³/mol. The van der Waals surface area contributed by atoms with Gasteiger partial charge in [-0.3, -0.25) is 9.55 Å². The summed E-state index contributed by atoms with van der Waals surface area (Å²) in [7, 11) is 0. The van der Waals surface area contributed by atoms with Crippen molar-refractivity contribution >= 4 is 11.0 Å². The Balaban J connectivity index is 0.00000368. The summed E-state index contributed by atoms with van der Waals surface area (Å²) >= 11 is 0. The van der Waals surface area contributed by atoms with Crippen LogP contribution in [0.5, 0.6) is 5.75 Å². The molecule has 1 N–H and O–H groups in total. The minimum absolute atomic E-state index is 0. The molecule has 43 heavy (non-hydrogen) atoms. The van der Waals surface area contributed by atoms with Crippen LogP contribution in [0.2, 0.25) is 0 Å². The number of benzene rings is 4. The van der Waals surface area contributed by atoms with Gasteiger partial charge < -0.3 is 5.11 Å². The molecular formula is C38H36N3OPt-. The molecule has 0 saturated carbocycles. The van der Waals surface area contributed by atoms with Crippen molar-refractivity contribution in [3.63, 3.8) is 0 Å². The molecule has 2 aromatic heterocycles. The van der Waals surface area contributed by atoms with Gasteiger partial charge in [0.15, 0.2) is 0 Å². The van der Waals surface area contributed by atoms with Gasteiger partial charge in [0.25, 0.3) is 0 Å². The Labute approximate surface area is 268 Å².